The second kappa shape index (κ2) is 4.52. The number of β-amino-alcohol motifs (C(OH)–C–C–N with tert-alkyl or cyclic N) is 1. The summed E-state index contributed by atoms with van der Waals surface area (Å²) in [5, 5.41) is 15.7. The van der Waals surface area contributed by atoms with E-state index in [1.54, 1.807) is 17.9 Å². The smallest absolute Gasteiger partial charge is 0.323 e. The zero-order valence-corrected chi connectivity index (χ0v) is 9.14. The van der Waals surface area contributed by atoms with Crippen molar-refractivity contribution < 1.29 is 14.4 Å². The first-order valence-corrected chi connectivity index (χ1v) is 5.32. The summed E-state index contributed by atoms with van der Waals surface area (Å²) in [5.74, 6) is 1.05. The minimum atomic E-state index is -0.418. The number of aryl methyl sites for hydroxylation is 1. The molecule has 2 heterocycles. The Balaban J connectivity index is 1.92. The van der Waals surface area contributed by atoms with Gasteiger partial charge in [0.1, 0.15) is 5.76 Å². The first-order valence-electron chi connectivity index (χ1n) is 5.32. The van der Waals surface area contributed by atoms with E-state index in [1.165, 1.54) is 0 Å². The number of hydrogen-bond donors (Lipinski definition) is 2. The maximum atomic E-state index is 11.7. The molecule has 1 aromatic rings. The number of carbonyl (C=O) groups is 1. The molecule has 2 N–H and O–H groups in total. The molecule has 0 radical (unpaired) electrons. The van der Waals surface area contributed by atoms with Crippen molar-refractivity contribution in [1.29, 1.82) is 0 Å². The Labute approximate surface area is 93.2 Å². The van der Waals surface area contributed by atoms with Crippen LogP contribution >= 0.6 is 0 Å². The third-order valence-corrected chi connectivity index (χ3v) is 2.55. The Kier molecular flexibility index (Phi) is 3.09. The zero-order chi connectivity index (χ0) is 11.5. The van der Waals surface area contributed by atoms with Gasteiger partial charge in [-0.25, -0.2) is 4.79 Å². The average Bonchev–Trinajstić information content (AvgIpc) is 2.64. The number of aliphatic hydroxyl groups is 1. The normalized spacial score (nSPS) is 20.9. The van der Waals surface area contributed by atoms with Crippen molar-refractivity contribution in [3.63, 3.8) is 0 Å². The van der Waals surface area contributed by atoms with E-state index in [1.807, 2.05) is 0 Å². The van der Waals surface area contributed by atoms with E-state index in [0.29, 0.717) is 24.7 Å². The van der Waals surface area contributed by atoms with Gasteiger partial charge in [-0.3, -0.25) is 5.32 Å². The fourth-order valence-corrected chi connectivity index (χ4v) is 1.75. The maximum Gasteiger partial charge on any atom is 0.323 e. The lowest BCUT2D eigenvalue weighted by atomic mass is 10.1. The second-order valence-electron chi connectivity index (χ2n) is 4.00. The Morgan fingerprint density at radius 1 is 1.75 bits per heavy atom. The SMILES string of the molecule is Cc1cc(NC(=O)N2CCC[C@H](O)C2)no1. The minimum absolute atomic E-state index is 0.243. The second-order valence-corrected chi connectivity index (χ2v) is 4.00. The van der Waals surface area contributed by atoms with E-state index in [4.69, 9.17) is 4.52 Å². The van der Waals surface area contributed by atoms with Crippen molar-refractivity contribution >= 4 is 11.8 Å². The Morgan fingerprint density at radius 3 is 3.19 bits per heavy atom. The fraction of sp³-hybridized carbons (Fsp3) is 0.600. The molecule has 2 amide bonds. The van der Waals surface area contributed by atoms with Crippen molar-refractivity contribution in [3.05, 3.63) is 11.8 Å². The molecule has 0 saturated carbocycles. The van der Waals surface area contributed by atoms with Crippen LogP contribution in [0, 0.1) is 6.92 Å². The average molecular weight is 225 g/mol. The highest BCUT2D eigenvalue weighted by Gasteiger charge is 2.22. The molecule has 0 spiro atoms. The van der Waals surface area contributed by atoms with E-state index in [-0.39, 0.29) is 6.03 Å². The number of nitrogens with one attached hydrogen (secondary N) is 1. The number of hydrogen-bond acceptors (Lipinski definition) is 4. The van der Waals surface area contributed by atoms with Crippen LogP contribution in [0.25, 0.3) is 0 Å². The van der Waals surface area contributed by atoms with Crippen LogP contribution in [0.2, 0.25) is 0 Å². The van der Waals surface area contributed by atoms with Crippen molar-refractivity contribution in [2.45, 2.75) is 25.9 Å². The van der Waals surface area contributed by atoms with E-state index < -0.39 is 6.10 Å². The number of carbonyl (C=O) groups excluding carboxylic acids is 1. The molecule has 0 aromatic carbocycles. The van der Waals surface area contributed by atoms with Gasteiger partial charge in [0.05, 0.1) is 6.10 Å². The highest BCUT2D eigenvalue weighted by molar-refractivity contribution is 5.88. The Bertz CT molecular complexity index is 377. The monoisotopic (exact) mass is 225 g/mol. The van der Waals surface area contributed by atoms with Crippen LogP contribution in [-0.4, -0.2) is 40.4 Å². The third-order valence-electron chi connectivity index (χ3n) is 2.55. The van der Waals surface area contributed by atoms with Gasteiger partial charge in [-0.2, -0.15) is 0 Å². The zero-order valence-electron chi connectivity index (χ0n) is 9.14. The molecule has 2 rings (SSSR count). The van der Waals surface area contributed by atoms with Gasteiger partial charge < -0.3 is 14.5 Å². The van der Waals surface area contributed by atoms with Gasteiger partial charge in [-0.05, 0) is 19.8 Å². The standard InChI is InChI=1S/C10H15N3O3/c1-7-5-9(12-16-7)11-10(15)13-4-2-3-8(14)6-13/h5,8,14H,2-4,6H2,1H3,(H,11,12,15)/t8-/m0/s1. The highest BCUT2D eigenvalue weighted by Crippen LogP contribution is 2.12. The van der Waals surface area contributed by atoms with Gasteiger partial charge >= 0.3 is 6.03 Å². The van der Waals surface area contributed by atoms with Crippen molar-refractivity contribution in [1.82, 2.24) is 10.1 Å². The van der Waals surface area contributed by atoms with Crippen LogP contribution in [0.5, 0.6) is 0 Å². The molecule has 0 unspecified atom stereocenters. The predicted molar refractivity (Wildman–Crippen MR) is 57.1 cm³/mol. The molecule has 1 fully saturated rings. The van der Waals surface area contributed by atoms with Gasteiger partial charge in [0, 0.05) is 19.2 Å². The van der Waals surface area contributed by atoms with Crippen LogP contribution in [0.4, 0.5) is 10.6 Å². The predicted octanol–water partition coefficient (Wildman–Crippen LogP) is 0.972. The number of aliphatic hydroxyl groups excluding tert-OH is 1. The number of likely N-dealkylation sites (tertiary alicyclic amines) is 1. The van der Waals surface area contributed by atoms with Crippen LogP contribution in [0.1, 0.15) is 18.6 Å². The largest absolute Gasteiger partial charge is 0.391 e. The summed E-state index contributed by atoms with van der Waals surface area (Å²) >= 11 is 0. The van der Waals surface area contributed by atoms with E-state index >= 15 is 0 Å². The first kappa shape index (κ1) is 10.9. The van der Waals surface area contributed by atoms with Crippen LogP contribution in [0.3, 0.4) is 0 Å². The summed E-state index contributed by atoms with van der Waals surface area (Å²) < 4.78 is 4.84. The number of urea groups is 1. The molecule has 1 aromatic heterocycles. The van der Waals surface area contributed by atoms with Crippen molar-refractivity contribution in [3.8, 4) is 0 Å². The number of amides is 2. The Morgan fingerprint density at radius 2 is 2.56 bits per heavy atom. The van der Waals surface area contributed by atoms with Gasteiger partial charge in [0.25, 0.3) is 0 Å². The number of piperidine rings is 1. The molecule has 6 heteroatoms. The summed E-state index contributed by atoms with van der Waals surface area (Å²) in [7, 11) is 0. The Hall–Kier alpha value is -1.56. The van der Waals surface area contributed by atoms with Gasteiger partial charge in [0.2, 0.25) is 0 Å². The molecule has 88 valence electrons. The molecule has 1 saturated heterocycles. The van der Waals surface area contributed by atoms with Crippen molar-refractivity contribution in [2.75, 3.05) is 18.4 Å². The minimum Gasteiger partial charge on any atom is -0.391 e. The van der Waals surface area contributed by atoms with Crippen LogP contribution in [-0.2, 0) is 0 Å². The first-order chi connectivity index (χ1) is 7.65. The maximum absolute atomic E-state index is 11.7. The number of rotatable bonds is 1. The summed E-state index contributed by atoms with van der Waals surface area (Å²) in [5.41, 5.74) is 0. The third kappa shape index (κ3) is 2.52. The lowest BCUT2D eigenvalue weighted by Crippen LogP contribution is -2.44. The summed E-state index contributed by atoms with van der Waals surface area (Å²) in [6.45, 7) is 2.80. The van der Waals surface area contributed by atoms with E-state index in [0.717, 1.165) is 12.8 Å². The lowest BCUT2D eigenvalue weighted by Gasteiger charge is -2.29. The van der Waals surface area contributed by atoms with Gasteiger partial charge in [0.15, 0.2) is 5.82 Å². The molecule has 16 heavy (non-hydrogen) atoms. The number of anilines is 1. The lowest BCUT2D eigenvalue weighted by molar-refractivity contribution is 0.0883. The molecule has 1 aliphatic heterocycles. The fourth-order valence-electron chi connectivity index (χ4n) is 1.75. The summed E-state index contributed by atoms with van der Waals surface area (Å²) in [6.07, 6.45) is 1.16. The van der Waals surface area contributed by atoms with Crippen LogP contribution < -0.4 is 5.32 Å². The van der Waals surface area contributed by atoms with E-state index in [9.17, 15) is 9.90 Å². The van der Waals surface area contributed by atoms with Gasteiger partial charge in [-0.1, -0.05) is 5.16 Å². The molecular weight excluding hydrogens is 210 g/mol. The molecule has 0 aliphatic carbocycles. The molecular formula is C10H15N3O3. The topological polar surface area (TPSA) is 78.6 Å². The van der Waals surface area contributed by atoms with E-state index in [2.05, 4.69) is 10.5 Å². The van der Waals surface area contributed by atoms with Crippen LogP contribution in [0.15, 0.2) is 10.6 Å². The number of aromatic nitrogens is 1. The summed E-state index contributed by atoms with van der Waals surface area (Å²) in [4.78, 5) is 13.3. The molecule has 1 aliphatic rings. The summed E-state index contributed by atoms with van der Waals surface area (Å²) in [6, 6.07) is 1.41. The molecule has 0 bridgehead atoms. The molecule has 6 nitrogen and oxygen atoms in total. The molecule has 1 atom stereocenters. The highest BCUT2D eigenvalue weighted by atomic mass is 16.5. The van der Waals surface area contributed by atoms with Gasteiger partial charge in [-0.15, -0.1) is 0 Å². The quantitative estimate of drug-likeness (QED) is 0.746. The number of nitrogens with zero attached hydrogens (tertiary/aromatic N) is 2. The van der Waals surface area contributed by atoms with Crippen molar-refractivity contribution in [2.24, 2.45) is 0 Å².